The monoisotopic (exact) mass is 128 g/mol. The lowest BCUT2D eigenvalue weighted by Crippen LogP contribution is -2.14. The van der Waals surface area contributed by atoms with Crippen molar-refractivity contribution in [2.45, 2.75) is 13.0 Å². The van der Waals surface area contributed by atoms with Crippen LogP contribution in [0.2, 0.25) is 0 Å². The Morgan fingerprint density at radius 2 is 2.33 bits per heavy atom. The first-order valence-corrected chi connectivity index (χ1v) is 3.23. The summed E-state index contributed by atoms with van der Waals surface area (Å²) in [4.78, 5) is 0. The summed E-state index contributed by atoms with van der Waals surface area (Å²) in [6, 6.07) is 0. The van der Waals surface area contributed by atoms with Gasteiger partial charge in [0.2, 0.25) is 0 Å². The number of hydrogen-bond donors (Lipinski definition) is 1. The number of aliphatic hydroxyl groups excluding tert-OH is 1. The Labute approximate surface area is 55.1 Å². The molecule has 2 heteroatoms. The van der Waals surface area contributed by atoms with Crippen LogP contribution in [-0.4, -0.2) is 24.4 Å². The molecule has 0 unspecified atom stereocenters. The van der Waals surface area contributed by atoms with Gasteiger partial charge in [-0.15, -0.1) is 0 Å². The van der Waals surface area contributed by atoms with Gasteiger partial charge in [-0.05, 0) is 6.92 Å². The first kappa shape index (κ1) is 6.78. The van der Waals surface area contributed by atoms with E-state index in [9.17, 15) is 0 Å². The average Bonchev–Trinajstić information content (AvgIpc) is 2.18. The van der Waals surface area contributed by atoms with E-state index >= 15 is 0 Å². The third kappa shape index (κ3) is 1.53. The molecule has 0 amide bonds. The lowest BCUT2D eigenvalue weighted by molar-refractivity contribution is 0.123. The Morgan fingerprint density at radius 3 is 2.78 bits per heavy atom. The van der Waals surface area contributed by atoms with Crippen molar-refractivity contribution in [2.75, 3.05) is 13.2 Å². The fourth-order valence-corrected chi connectivity index (χ4v) is 0.991. The fourth-order valence-electron chi connectivity index (χ4n) is 0.991. The minimum absolute atomic E-state index is 0.231. The summed E-state index contributed by atoms with van der Waals surface area (Å²) in [6.45, 7) is 3.12. The van der Waals surface area contributed by atoms with E-state index in [4.69, 9.17) is 9.84 Å². The highest BCUT2D eigenvalue weighted by Gasteiger charge is 2.22. The predicted octanol–water partition coefficient (Wildman–Crippen LogP) is 0.570. The van der Waals surface area contributed by atoms with Crippen molar-refractivity contribution in [3.8, 4) is 0 Å². The standard InChI is InChI=1S/C7H12O2/c1-2-3-6-4-9-5-7(6)8/h2-3,6-8H,4-5H2,1H3/b3-2+/t6-,7-/m1/s1. The van der Waals surface area contributed by atoms with Gasteiger partial charge in [0, 0.05) is 5.92 Å². The molecule has 1 saturated heterocycles. The molecule has 2 nitrogen and oxygen atoms in total. The third-order valence-corrected chi connectivity index (χ3v) is 1.53. The lowest BCUT2D eigenvalue weighted by atomic mass is 10.1. The van der Waals surface area contributed by atoms with Gasteiger partial charge in [0.1, 0.15) is 0 Å². The smallest absolute Gasteiger partial charge is 0.0858 e. The average molecular weight is 128 g/mol. The first-order chi connectivity index (χ1) is 4.34. The Morgan fingerprint density at radius 1 is 1.56 bits per heavy atom. The van der Waals surface area contributed by atoms with Crippen LogP contribution in [0.25, 0.3) is 0 Å². The van der Waals surface area contributed by atoms with Crippen LogP contribution in [0.4, 0.5) is 0 Å². The molecule has 0 aromatic rings. The quantitative estimate of drug-likeness (QED) is 0.523. The van der Waals surface area contributed by atoms with Crippen LogP contribution >= 0.6 is 0 Å². The topological polar surface area (TPSA) is 29.5 Å². The molecule has 0 spiro atoms. The van der Waals surface area contributed by atoms with Gasteiger partial charge >= 0.3 is 0 Å². The third-order valence-electron chi connectivity index (χ3n) is 1.53. The molecule has 1 rings (SSSR count). The van der Waals surface area contributed by atoms with E-state index < -0.39 is 0 Å². The Bertz CT molecular complexity index is 109. The van der Waals surface area contributed by atoms with E-state index in [0.717, 1.165) is 0 Å². The van der Waals surface area contributed by atoms with Gasteiger partial charge in [-0.25, -0.2) is 0 Å². The van der Waals surface area contributed by atoms with E-state index in [1.54, 1.807) is 0 Å². The molecule has 0 radical (unpaired) electrons. The maximum Gasteiger partial charge on any atom is 0.0858 e. The Kier molecular flexibility index (Phi) is 2.25. The summed E-state index contributed by atoms with van der Waals surface area (Å²) >= 11 is 0. The maximum atomic E-state index is 9.14. The van der Waals surface area contributed by atoms with Gasteiger partial charge in [-0.1, -0.05) is 12.2 Å². The molecule has 1 aliphatic heterocycles. The molecule has 0 aromatic heterocycles. The normalized spacial score (nSPS) is 36.2. The molecule has 52 valence electrons. The summed E-state index contributed by atoms with van der Waals surface area (Å²) in [7, 11) is 0. The van der Waals surface area contributed by atoms with Crippen LogP contribution in [0.15, 0.2) is 12.2 Å². The summed E-state index contributed by atoms with van der Waals surface area (Å²) in [6.07, 6.45) is 3.65. The van der Waals surface area contributed by atoms with Crippen LogP contribution in [0.3, 0.4) is 0 Å². The van der Waals surface area contributed by atoms with Crippen LogP contribution < -0.4 is 0 Å². The van der Waals surface area contributed by atoms with Crippen molar-refractivity contribution in [3.63, 3.8) is 0 Å². The number of ether oxygens (including phenoxy) is 1. The van der Waals surface area contributed by atoms with Crippen molar-refractivity contribution in [1.82, 2.24) is 0 Å². The minimum atomic E-state index is -0.277. The second-order valence-corrected chi connectivity index (χ2v) is 2.29. The molecular weight excluding hydrogens is 116 g/mol. The first-order valence-electron chi connectivity index (χ1n) is 3.23. The zero-order valence-electron chi connectivity index (χ0n) is 5.58. The van der Waals surface area contributed by atoms with E-state index in [2.05, 4.69) is 0 Å². The van der Waals surface area contributed by atoms with Crippen molar-refractivity contribution in [1.29, 1.82) is 0 Å². The zero-order chi connectivity index (χ0) is 6.69. The summed E-state index contributed by atoms with van der Waals surface area (Å²) in [5.41, 5.74) is 0. The SMILES string of the molecule is C/C=C/[C@@H]1COC[C@H]1O. The molecule has 1 N–H and O–H groups in total. The zero-order valence-corrected chi connectivity index (χ0v) is 5.58. The molecule has 1 heterocycles. The van der Waals surface area contributed by atoms with Crippen molar-refractivity contribution in [3.05, 3.63) is 12.2 Å². The molecule has 0 aliphatic carbocycles. The van der Waals surface area contributed by atoms with Gasteiger partial charge in [0.05, 0.1) is 19.3 Å². The maximum absolute atomic E-state index is 9.14. The van der Waals surface area contributed by atoms with Crippen molar-refractivity contribution >= 4 is 0 Å². The summed E-state index contributed by atoms with van der Waals surface area (Å²) in [5, 5.41) is 9.14. The second-order valence-electron chi connectivity index (χ2n) is 2.29. The van der Waals surface area contributed by atoms with E-state index in [-0.39, 0.29) is 12.0 Å². The summed E-state index contributed by atoms with van der Waals surface area (Å²) < 4.78 is 5.02. The van der Waals surface area contributed by atoms with Crippen molar-refractivity contribution < 1.29 is 9.84 Å². The number of hydrogen-bond acceptors (Lipinski definition) is 2. The molecule has 1 aliphatic rings. The lowest BCUT2D eigenvalue weighted by Gasteiger charge is -2.03. The molecule has 1 fully saturated rings. The Balaban J connectivity index is 2.39. The van der Waals surface area contributed by atoms with Gasteiger partial charge in [-0.2, -0.15) is 0 Å². The second kappa shape index (κ2) is 2.99. The molecule has 9 heavy (non-hydrogen) atoms. The highest BCUT2D eigenvalue weighted by molar-refractivity contribution is 4.92. The fraction of sp³-hybridized carbons (Fsp3) is 0.714. The minimum Gasteiger partial charge on any atom is -0.390 e. The van der Waals surface area contributed by atoms with Crippen LogP contribution in [0.1, 0.15) is 6.92 Å². The molecule has 0 saturated carbocycles. The summed E-state index contributed by atoms with van der Waals surface area (Å²) in [5.74, 6) is 0.231. The van der Waals surface area contributed by atoms with Crippen LogP contribution in [-0.2, 0) is 4.74 Å². The molecule has 2 atom stereocenters. The number of allylic oxidation sites excluding steroid dienone is 1. The number of rotatable bonds is 1. The highest BCUT2D eigenvalue weighted by Crippen LogP contribution is 2.13. The molecule has 0 aromatic carbocycles. The van der Waals surface area contributed by atoms with Gasteiger partial charge in [0.15, 0.2) is 0 Å². The van der Waals surface area contributed by atoms with E-state index in [0.29, 0.717) is 13.2 Å². The van der Waals surface area contributed by atoms with E-state index in [1.807, 2.05) is 19.1 Å². The van der Waals surface area contributed by atoms with Gasteiger partial charge < -0.3 is 9.84 Å². The molecule has 0 bridgehead atoms. The van der Waals surface area contributed by atoms with E-state index in [1.165, 1.54) is 0 Å². The van der Waals surface area contributed by atoms with Crippen molar-refractivity contribution in [2.24, 2.45) is 5.92 Å². The van der Waals surface area contributed by atoms with Gasteiger partial charge in [-0.3, -0.25) is 0 Å². The van der Waals surface area contributed by atoms with Crippen LogP contribution in [0.5, 0.6) is 0 Å². The molecular formula is C7H12O2. The van der Waals surface area contributed by atoms with Crippen LogP contribution in [0, 0.1) is 5.92 Å². The number of aliphatic hydroxyl groups is 1. The Hall–Kier alpha value is -0.340. The van der Waals surface area contributed by atoms with Gasteiger partial charge in [0.25, 0.3) is 0 Å². The highest BCUT2D eigenvalue weighted by atomic mass is 16.5. The largest absolute Gasteiger partial charge is 0.390 e. The predicted molar refractivity (Wildman–Crippen MR) is 35.1 cm³/mol.